The predicted octanol–water partition coefficient (Wildman–Crippen LogP) is 2.49. The van der Waals surface area contributed by atoms with Gasteiger partial charge < -0.3 is 4.90 Å². The maximum atomic E-state index is 12.9. The fourth-order valence-corrected chi connectivity index (χ4v) is 3.75. The lowest BCUT2D eigenvalue weighted by atomic mass is 10.1. The van der Waals surface area contributed by atoms with Gasteiger partial charge in [0.1, 0.15) is 0 Å². The molecule has 160 valence electrons. The lowest BCUT2D eigenvalue weighted by Crippen LogP contribution is -2.48. The Kier molecular flexibility index (Phi) is 5.92. The molecular weight excluding hydrogens is 422 g/mol. The molecule has 1 aromatic heterocycles. The Bertz CT molecular complexity index is 1110. The van der Waals surface area contributed by atoms with Gasteiger partial charge in [-0.2, -0.15) is 4.68 Å². The zero-order valence-corrected chi connectivity index (χ0v) is 17.6. The Morgan fingerprint density at radius 3 is 2.52 bits per heavy atom. The number of hydrogen-bond donors (Lipinski definition) is 0. The van der Waals surface area contributed by atoms with Crippen LogP contribution in [-0.2, 0) is 6.54 Å². The average molecular weight is 442 g/mol. The van der Waals surface area contributed by atoms with E-state index in [1.54, 1.807) is 40.8 Å². The van der Waals surface area contributed by atoms with Crippen molar-refractivity contribution in [2.45, 2.75) is 13.5 Å². The Balaban J connectivity index is 1.41. The lowest BCUT2D eigenvalue weighted by Gasteiger charge is -2.34. The minimum Gasteiger partial charge on any atom is -0.336 e. The molecule has 1 aliphatic heterocycles. The maximum absolute atomic E-state index is 12.9. The van der Waals surface area contributed by atoms with Gasteiger partial charge in [0, 0.05) is 48.4 Å². The molecule has 0 unspecified atom stereocenters. The van der Waals surface area contributed by atoms with Crippen LogP contribution in [-0.4, -0.2) is 67.0 Å². The molecule has 2 heterocycles. The highest BCUT2D eigenvalue weighted by molar-refractivity contribution is 6.30. The number of benzene rings is 2. The number of nitrogens with zero attached hydrogens (tertiary/aromatic N) is 7. The van der Waals surface area contributed by atoms with E-state index in [4.69, 9.17) is 11.6 Å². The molecule has 1 saturated heterocycles. The van der Waals surface area contributed by atoms with Gasteiger partial charge in [0.2, 0.25) is 0 Å². The first-order valence-corrected chi connectivity index (χ1v) is 10.1. The van der Waals surface area contributed by atoms with Gasteiger partial charge in [-0.1, -0.05) is 17.7 Å². The molecule has 0 aliphatic carbocycles. The zero-order chi connectivity index (χ0) is 22.0. The highest BCUT2D eigenvalue weighted by Gasteiger charge is 2.26. The summed E-state index contributed by atoms with van der Waals surface area (Å²) in [5.41, 5.74) is 1.54. The Labute approximate surface area is 183 Å². The molecule has 0 radical (unpaired) electrons. The third kappa shape index (κ3) is 4.39. The number of carbonyl (C=O) groups excluding carboxylic acids is 1. The second-order valence-electron chi connectivity index (χ2n) is 7.26. The second-order valence-corrected chi connectivity index (χ2v) is 7.69. The summed E-state index contributed by atoms with van der Waals surface area (Å²) in [6.07, 6.45) is 0. The standard InChI is InChI=1S/C20H20ClN7O3/c1-14-17(3-2-4-18(14)28(30)31)20(29)26-11-9-25(10-12-26)13-19-22-23-24-27(19)16-7-5-15(21)6-8-16/h2-8H,9-13H2,1H3. The fraction of sp³-hybridized carbons (Fsp3) is 0.300. The SMILES string of the molecule is Cc1c(C(=O)N2CCN(Cc3nnnn3-c3ccc(Cl)cc3)CC2)cccc1[N+](=O)[O-]. The molecule has 31 heavy (non-hydrogen) atoms. The number of halogens is 1. The van der Waals surface area contributed by atoms with Crippen LogP contribution in [0, 0.1) is 17.0 Å². The van der Waals surface area contributed by atoms with E-state index in [1.165, 1.54) is 6.07 Å². The molecule has 1 fully saturated rings. The van der Waals surface area contributed by atoms with Crippen molar-refractivity contribution >= 4 is 23.2 Å². The Morgan fingerprint density at radius 2 is 1.84 bits per heavy atom. The van der Waals surface area contributed by atoms with Gasteiger partial charge in [0.15, 0.2) is 5.82 Å². The molecule has 0 N–H and O–H groups in total. The van der Waals surface area contributed by atoms with Crippen molar-refractivity contribution in [1.29, 1.82) is 0 Å². The number of tetrazole rings is 1. The van der Waals surface area contributed by atoms with Crippen molar-refractivity contribution in [3.63, 3.8) is 0 Å². The Morgan fingerprint density at radius 1 is 1.13 bits per heavy atom. The lowest BCUT2D eigenvalue weighted by molar-refractivity contribution is -0.385. The largest absolute Gasteiger partial charge is 0.336 e. The molecule has 3 aromatic rings. The van der Waals surface area contributed by atoms with Crippen molar-refractivity contribution in [3.05, 3.63) is 74.6 Å². The van der Waals surface area contributed by atoms with Gasteiger partial charge in [0.25, 0.3) is 11.6 Å². The van der Waals surface area contributed by atoms with E-state index in [-0.39, 0.29) is 11.6 Å². The summed E-state index contributed by atoms with van der Waals surface area (Å²) in [6.45, 7) is 4.47. The normalized spacial score (nSPS) is 14.6. The van der Waals surface area contributed by atoms with Gasteiger partial charge in [-0.25, -0.2) is 0 Å². The maximum Gasteiger partial charge on any atom is 0.273 e. The van der Waals surface area contributed by atoms with Gasteiger partial charge in [-0.3, -0.25) is 19.8 Å². The van der Waals surface area contributed by atoms with Crippen LogP contribution in [0.2, 0.25) is 5.02 Å². The minimum atomic E-state index is -0.463. The number of aromatic nitrogens is 4. The van der Waals surface area contributed by atoms with Crippen molar-refractivity contribution in [2.24, 2.45) is 0 Å². The number of hydrogen-bond acceptors (Lipinski definition) is 7. The van der Waals surface area contributed by atoms with Crippen LogP contribution in [0.25, 0.3) is 5.69 Å². The molecule has 0 saturated carbocycles. The Hall–Kier alpha value is -3.37. The molecular formula is C20H20ClN7O3. The minimum absolute atomic E-state index is 0.0430. The fourth-order valence-electron chi connectivity index (χ4n) is 3.62. The molecule has 2 aromatic carbocycles. The third-order valence-corrected chi connectivity index (χ3v) is 5.61. The first kappa shape index (κ1) is 20.9. The van der Waals surface area contributed by atoms with Gasteiger partial charge in [-0.15, -0.1) is 5.10 Å². The summed E-state index contributed by atoms with van der Waals surface area (Å²) >= 11 is 5.95. The first-order valence-electron chi connectivity index (χ1n) is 9.73. The molecule has 0 spiro atoms. The molecule has 1 aliphatic rings. The number of rotatable bonds is 5. The van der Waals surface area contributed by atoms with E-state index < -0.39 is 4.92 Å². The highest BCUT2D eigenvalue weighted by atomic mass is 35.5. The first-order chi connectivity index (χ1) is 14.9. The molecule has 0 atom stereocenters. The zero-order valence-electron chi connectivity index (χ0n) is 16.8. The van der Waals surface area contributed by atoms with Crippen LogP contribution in [0.1, 0.15) is 21.7 Å². The van der Waals surface area contributed by atoms with E-state index in [2.05, 4.69) is 20.4 Å². The van der Waals surface area contributed by atoms with Crippen LogP contribution in [0.15, 0.2) is 42.5 Å². The summed E-state index contributed by atoms with van der Waals surface area (Å²) in [4.78, 5) is 27.5. The van der Waals surface area contributed by atoms with Crippen LogP contribution >= 0.6 is 11.6 Å². The number of nitro groups is 1. The number of carbonyl (C=O) groups is 1. The molecule has 10 nitrogen and oxygen atoms in total. The van der Waals surface area contributed by atoms with Crippen molar-refractivity contribution in [1.82, 2.24) is 30.0 Å². The number of piperazine rings is 1. The van der Waals surface area contributed by atoms with E-state index in [0.717, 1.165) is 5.69 Å². The quantitative estimate of drug-likeness (QED) is 0.441. The molecule has 4 rings (SSSR count). The summed E-state index contributed by atoms with van der Waals surface area (Å²) in [6, 6.07) is 11.9. The predicted molar refractivity (Wildman–Crippen MR) is 113 cm³/mol. The van der Waals surface area contributed by atoms with E-state index in [9.17, 15) is 14.9 Å². The summed E-state index contributed by atoms with van der Waals surface area (Å²) < 4.78 is 1.67. The summed E-state index contributed by atoms with van der Waals surface area (Å²) in [5.74, 6) is 0.503. The van der Waals surface area contributed by atoms with Crippen LogP contribution in [0.3, 0.4) is 0 Å². The average Bonchev–Trinajstić information content (AvgIpc) is 3.22. The van der Waals surface area contributed by atoms with Crippen molar-refractivity contribution < 1.29 is 9.72 Å². The van der Waals surface area contributed by atoms with Gasteiger partial charge in [-0.05, 0) is 47.7 Å². The summed E-state index contributed by atoms with van der Waals surface area (Å²) in [7, 11) is 0. The second kappa shape index (κ2) is 8.78. The number of amides is 1. The van der Waals surface area contributed by atoms with Crippen LogP contribution in [0.4, 0.5) is 5.69 Å². The molecule has 11 heteroatoms. The van der Waals surface area contributed by atoms with E-state index in [0.29, 0.717) is 54.7 Å². The summed E-state index contributed by atoms with van der Waals surface area (Å²) in [5, 5.41) is 23.8. The van der Waals surface area contributed by atoms with Crippen molar-refractivity contribution in [2.75, 3.05) is 26.2 Å². The van der Waals surface area contributed by atoms with Crippen molar-refractivity contribution in [3.8, 4) is 5.69 Å². The van der Waals surface area contributed by atoms with Gasteiger partial charge in [0.05, 0.1) is 17.2 Å². The molecule has 0 bridgehead atoms. The third-order valence-electron chi connectivity index (χ3n) is 5.36. The van der Waals surface area contributed by atoms with Crippen LogP contribution < -0.4 is 0 Å². The highest BCUT2D eigenvalue weighted by Crippen LogP contribution is 2.23. The molecule has 1 amide bonds. The van der Waals surface area contributed by atoms with Crippen LogP contribution in [0.5, 0.6) is 0 Å². The van der Waals surface area contributed by atoms with E-state index in [1.807, 2.05) is 12.1 Å². The van der Waals surface area contributed by atoms with E-state index >= 15 is 0 Å². The monoisotopic (exact) mass is 441 g/mol. The topological polar surface area (TPSA) is 110 Å². The van der Waals surface area contributed by atoms with Gasteiger partial charge >= 0.3 is 0 Å². The smallest absolute Gasteiger partial charge is 0.273 e. The number of nitro benzene ring substituents is 1.